The summed E-state index contributed by atoms with van der Waals surface area (Å²) in [6.45, 7) is 1.95. The van der Waals surface area contributed by atoms with Gasteiger partial charge in [-0.05, 0) is 31.2 Å². The van der Waals surface area contributed by atoms with Crippen molar-refractivity contribution in [2.24, 2.45) is 0 Å². The molecule has 3 aromatic rings. The van der Waals surface area contributed by atoms with E-state index in [-0.39, 0.29) is 11.4 Å². The molecule has 0 saturated heterocycles. The van der Waals surface area contributed by atoms with Crippen LogP contribution in [0.2, 0.25) is 0 Å². The molecule has 5 nitrogen and oxygen atoms in total. The fourth-order valence-corrected chi connectivity index (χ4v) is 5.28. The van der Waals surface area contributed by atoms with Gasteiger partial charge in [0.05, 0.1) is 10.6 Å². The van der Waals surface area contributed by atoms with Gasteiger partial charge in [0.25, 0.3) is 5.56 Å². The molecule has 7 heteroatoms. The van der Waals surface area contributed by atoms with Crippen LogP contribution in [0.4, 0.5) is 4.39 Å². The van der Waals surface area contributed by atoms with E-state index in [1.165, 1.54) is 23.5 Å². The van der Waals surface area contributed by atoms with Crippen LogP contribution in [0.1, 0.15) is 40.8 Å². The molecule has 0 spiro atoms. The number of H-pyrrole nitrogens is 1. The second kappa shape index (κ2) is 6.05. The molecule has 2 aliphatic carbocycles. The van der Waals surface area contributed by atoms with E-state index in [4.69, 9.17) is 4.98 Å². The molecule has 3 atom stereocenters. The zero-order valence-electron chi connectivity index (χ0n) is 14.9. The van der Waals surface area contributed by atoms with Gasteiger partial charge in [0.1, 0.15) is 16.9 Å². The van der Waals surface area contributed by atoms with Crippen molar-refractivity contribution in [3.8, 4) is 10.4 Å². The fourth-order valence-electron chi connectivity index (χ4n) is 4.03. The monoisotopic (exact) mass is 393 g/mol. The van der Waals surface area contributed by atoms with Crippen LogP contribution in [0.5, 0.6) is 0 Å². The van der Waals surface area contributed by atoms with Crippen molar-refractivity contribution < 1.29 is 9.50 Å². The summed E-state index contributed by atoms with van der Waals surface area (Å²) in [6, 6.07) is 5.37. The Balaban J connectivity index is 1.75. The molecule has 0 aromatic carbocycles. The summed E-state index contributed by atoms with van der Waals surface area (Å²) in [4.78, 5) is 25.0. The van der Waals surface area contributed by atoms with E-state index in [2.05, 4.69) is 9.97 Å². The molecule has 2 aliphatic rings. The van der Waals surface area contributed by atoms with Crippen LogP contribution in [-0.2, 0) is 5.41 Å². The van der Waals surface area contributed by atoms with Crippen LogP contribution < -0.4 is 5.56 Å². The van der Waals surface area contributed by atoms with Crippen molar-refractivity contribution >= 4 is 11.3 Å². The molecular formula is C21H16FN3O2S. The van der Waals surface area contributed by atoms with E-state index < -0.39 is 17.4 Å². The first-order valence-corrected chi connectivity index (χ1v) is 9.68. The highest BCUT2D eigenvalue weighted by Crippen LogP contribution is 2.54. The van der Waals surface area contributed by atoms with Crippen LogP contribution in [0.3, 0.4) is 0 Å². The third kappa shape index (κ3) is 2.36. The number of halogens is 1. The van der Waals surface area contributed by atoms with Gasteiger partial charge in [0.15, 0.2) is 0 Å². The van der Waals surface area contributed by atoms with Gasteiger partial charge in [0.2, 0.25) is 0 Å². The first-order chi connectivity index (χ1) is 13.5. The summed E-state index contributed by atoms with van der Waals surface area (Å²) in [5.41, 5.74) is 1.76. The summed E-state index contributed by atoms with van der Waals surface area (Å²) < 4.78 is 14.1. The predicted molar refractivity (Wildman–Crippen MR) is 105 cm³/mol. The van der Waals surface area contributed by atoms with Gasteiger partial charge in [-0.3, -0.25) is 9.78 Å². The average molecular weight is 393 g/mol. The number of thiazole rings is 1. The number of hydrogen-bond acceptors (Lipinski definition) is 5. The smallest absolute Gasteiger partial charge is 0.252 e. The maximum atomic E-state index is 14.1. The van der Waals surface area contributed by atoms with Crippen LogP contribution in [0, 0.1) is 0 Å². The van der Waals surface area contributed by atoms with Gasteiger partial charge in [-0.2, -0.15) is 0 Å². The molecule has 140 valence electrons. The van der Waals surface area contributed by atoms with Crippen molar-refractivity contribution in [2.45, 2.75) is 24.4 Å². The van der Waals surface area contributed by atoms with Gasteiger partial charge in [-0.25, -0.2) is 9.37 Å². The van der Waals surface area contributed by atoms with Crippen molar-refractivity contribution in [1.82, 2.24) is 15.0 Å². The number of hydrogen-bond donors (Lipinski definition) is 2. The number of nitrogens with zero attached hydrogens (tertiary/aromatic N) is 2. The zero-order valence-corrected chi connectivity index (χ0v) is 15.7. The Bertz CT molecular complexity index is 1200. The lowest BCUT2D eigenvalue weighted by atomic mass is 9.64. The summed E-state index contributed by atoms with van der Waals surface area (Å²) in [5, 5.41) is 11.3. The lowest BCUT2D eigenvalue weighted by Gasteiger charge is -2.39. The predicted octanol–water partition coefficient (Wildman–Crippen LogP) is 3.75. The number of aromatic amines is 1. The van der Waals surface area contributed by atoms with E-state index in [9.17, 15) is 14.3 Å². The highest BCUT2D eigenvalue weighted by atomic mass is 32.1. The molecule has 3 heterocycles. The first kappa shape index (κ1) is 17.2. The molecule has 0 aliphatic heterocycles. The maximum Gasteiger partial charge on any atom is 0.252 e. The Morgan fingerprint density at radius 2 is 2.25 bits per heavy atom. The lowest BCUT2D eigenvalue weighted by molar-refractivity contribution is 0.219. The quantitative estimate of drug-likeness (QED) is 0.695. The van der Waals surface area contributed by atoms with E-state index in [1.54, 1.807) is 36.8 Å². The second-order valence-corrected chi connectivity index (χ2v) is 8.23. The van der Waals surface area contributed by atoms with E-state index in [0.29, 0.717) is 16.1 Å². The number of aromatic nitrogens is 3. The fraction of sp³-hybridized carbons (Fsp3) is 0.190. The summed E-state index contributed by atoms with van der Waals surface area (Å²) >= 11 is 1.35. The number of rotatable bonds is 2. The topological polar surface area (TPSA) is 78.9 Å². The van der Waals surface area contributed by atoms with Crippen molar-refractivity contribution in [2.75, 3.05) is 0 Å². The Labute approximate surface area is 163 Å². The molecular weight excluding hydrogens is 377 g/mol. The number of aliphatic hydroxyl groups excluding tert-OH is 1. The molecule has 3 aromatic heterocycles. The second-order valence-electron chi connectivity index (χ2n) is 7.20. The number of aliphatic hydroxyl groups is 1. The Morgan fingerprint density at radius 1 is 1.39 bits per heavy atom. The number of nitrogens with one attached hydrogen (secondary N) is 1. The minimum atomic E-state index is -0.920. The molecule has 2 N–H and O–H groups in total. The molecule has 0 saturated carbocycles. The maximum absolute atomic E-state index is 14.1. The number of pyridine rings is 2. The van der Waals surface area contributed by atoms with Crippen LogP contribution in [-0.4, -0.2) is 20.1 Å². The van der Waals surface area contributed by atoms with Crippen molar-refractivity contribution in [1.29, 1.82) is 0 Å². The molecule has 0 fully saturated rings. The van der Waals surface area contributed by atoms with E-state index in [0.717, 1.165) is 16.1 Å². The van der Waals surface area contributed by atoms with Crippen LogP contribution in [0.25, 0.3) is 10.4 Å². The molecule has 0 bridgehead atoms. The Hall–Kier alpha value is -2.90. The van der Waals surface area contributed by atoms with Crippen molar-refractivity contribution in [3.05, 3.63) is 93.0 Å². The van der Waals surface area contributed by atoms with Gasteiger partial charge >= 0.3 is 0 Å². The first-order valence-electron chi connectivity index (χ1n) is 8.87. The van der Waals surface area contributed by atoms with Gasteiger partial charge in [-0.15, -0.1) is 11.3 Å². The third-order valence-electron chi connectivity index (χ3n) is 5.50. The molecule has 28 heavy (non-hydrogen) atoms. The highest BCUT2D eigenvalue weighted by molar-refractivity contribution is 7.15. The third-order valence-corrected chi connectivity index (χ3v) is 6.64. The standard InChI is InChI=1S/C21H16FN3O2S/c1-21-6-4-12(22)9-14(21)15-13(5-8-24-19(15)27)17-18(21)25-20(28-17)16(26)11-3-2-7-23-10-11/h2-10,14,16,26H,1H3,(H,24,27). The Morgan fingerprint density at radius 3 is 3.04 bits per heavy atom. The van der Waals surface area contributed by atoms with Crippen molar-refractivity contribution in [3.63, 3.8) is 0 Å². The largest absolute Gasteiger partial charge is 0.381 e. The van der Waals surface area contributed by atoms with Gasteiger partial charge < -0.3 is 10.1 Å². The SMILES string of the molecule is CC12C=CC(F)=CC1c1c(cc[nH]c1=O)-c1sc(C(O)c3cccnc3)nc12. The summed E-state index contributed by atoms with van der Waals surface area (Å²) in [6.07, 6.45) is 8.58. The molecule has 0 amide bonds. The van der Waals surface area contributed by atoms with E-state index in [1.807, 2.05) is 13.0 Å². The Kier molecular flexibility index (Phi) is 3.72. The van der Waals surface area contributed by atoms with Gasteiger partial charge in [0, 0.05) is 46.6 Å². The van der Waals surface area contributed by atoms with Crippen LogP contribution >= 0.6 is 11.3 Å². The molecule has 0 radical (unpaired) electrons. The van der Waals surface area contributed by atoms with Gasteiger partial charge in [-0.1, -0.05) is 12.1 Å². The average Bonchev–Trinajstić information content (AvgIpc) is 3.16. The normalized spacial score (nSPS) is 23.4. The van der Waals surface area contributed by atoms with E-state index >= 15 is 0 Å². The highest BCUT2D eigenvalue weighted by Gasteiger charge is 2.46. The minimum Gasteiger partial charge on any atom is -0.381 e. The summed E-state index contributed by atoms with van der Waals surface area (Å²) in [5.74, 6) is -0.832. The molecule has 5 rings (SSSR count). The number of allylic oxidation sites excluding steroid dienone is 4. The van der Waals surface area contributed by atoms with Crippen LogP contribution in [0.15, 0.2) is 65.6 Å². The minimum absolute atomic E-state index is 0.235. The number of fused-ring (bicyclic) bond motifs is 6. The molecule has 3 unspecified atom stereocenters. The zero-order chi connectivity index (χ0) is 19.5. The lowest BCUT2D eigenvalue weighted by Crippen LogP contribution is -2.36. The summed E-state index contributed by atoms with van der Waals surface area (Å²) in [7, 11) is 0.